The van der Waals surface area contributed by atoms with Crippen LogP contribution in [0.1, 0.15) is 20.8 Å². The summed E-state index contributed by atoms with van der Waals surface area (Å²) in [6, 6.07) is 9.93. The van der Waals surface area contributed by atoms with E-state index in [9.17, 15) is 9.59 Å². The summed E-state index contributed by atoms with van der Waals surface area (Å²) in [6.45, 7) is 5.51. The zero-order chi connectivity index (χ0) is 14.3. The first-order valence-corrected chi connectivity index (χ1v) is 8.08. The third-order valence-corrected chi connectivity index (χ3v) is 4.27. The first-order valence-electron chi connectivity index (χ1n) is 6.02. The van der Waals surface area contributed by atoms with E-state index in [4.69, 9.17) is 4.74 Å². The number of benzene rings is 1. The normalized spacial score (nSPS) is 10.9. The number of carbonyl (C=O) groups excluding carboxylic acids is 2. The second-order valence-electron chi connectivity index (χ2n) is 4.96. The molecule has 1 aromatic carbocycles. The first kappa shape index (κ1) is 15.7. The zero-order valence-electron chi connectivity index (χ0n) is 11.5. The number of hydrogen-bond acceptors (Lipinski definition) is 3. The van der Waals surface area contributed by atoms with Crippen molar-refractivity contribution in [2.75, 3.05) is 12.0 Å². The van der Waals surface area contributed by atoms with Crippen molar-refractivity contribution in [1.29, 1.82) is 0 Å². The van der Waals surface area contributed by atoms with Crippen molar-refractivity contribution in [2.45, 2.75) is 26.4 Å². The third kappa shape index (κ3) is 6.41. The molecule has 0 fully saturated rings. The predicted octanol–water partition coefficient (Wildman–Crippen LogP) is 1.41. The molecule has 0 aliphatic heterocycles. The van der Waals surface area contributed by atoms with E-state index >= 15 is 0 Å². The van der Waals surface area contributed by atoms with Crippen LogP contribution in [0.5, 0.6) is 0 Å². The van der Waals surface area contributed by atoms with E-state index in [1.165, 1.54) is 9.36 Å². The van der Waals surface area contributed by atoms with Crippen LogP contribution in [0.25, 0.3) is 0 Å². The number of carbonyl (C=O) groups is 2. The third-order valence-electron chi connectivity index (χ3n) is 2.08. The molecule has 0 atom stereocenters. The zero-order valence-corrected chi connectivity index (χ0v) is 13.2. The van der Waals surface area contributed by atoms with Gasteiger partial charge in [-0.3, -0.25) is 0 Å². The summed E-state index contributed by atoms with van der Waals surface area (Å²) < 4.78 is 6.47. The number of hydrogen-bond donors (Lipinski definition) is 0. The molecular weight excluding hydrogens is 309 g/mol. The van der Waals surface area contributed by atoms with Gasteiger partial charge in [-0.1, -0.05) is 0 Å². The summed E-state index contributed by atoms with van der Waals surface area (Å²) in [6.07, 6.45) is 0.294. The molecule has 0 aliphatic rings. The van der Waals surface area contributed by atoms with Crippen LogP contribution in [-0.2, 0) is 9.53 Å². The molecule has 104 valence electrons. The van der Waals surface area contributed by atoms with Gasteiger partial charge in [0.15, 0.2) is 0 Å². The molecule has 0 radical (unpaired) electrons. The van der Waals surface area contributed by atoms with Gasteiger partial charge in [0.1, 0.15) is 0 Å². The Bertz CT molecular complexity index is 414. The van der Waals surface area contributed by atoms with Gasteiger partial charge in [-0.2, -0.15) is 0 Å². The molecule has 5 heteroatoms. The van der Waals surface area contributed by atoms with Gasteiger partial charge in [-0.05, 0) is 0 Å². The number of aldehydes is 1. The molecule has 0 spiro atoms. The van der Waals surface area contributed by atoms with Gasteiger partial charge < -0.3 is 0 Å². The summed E-state index contributed by atoms with van der Waals surface area (Å²) in [7, 11) is 0. The van der Waals surface area contributed by atoms with E-state index in [-0.39, 0.29) is 21.5 Å². The molecule has 0 aromatic heterocycles. The Morgan fingerprint density at radius 1 is 1.32 bits per heavy atom. The fourth-order valence-electron chi connectivity index (χ4n) is 1.27. The average Bonchev–Trinajstić information content (AvgIpc) is 2.33. The minimum atomic E-state index is -0.544. The molecule has 0 saturated heterocycles. The van der Waals surface area contributed by atoms with Crippen molar-refractivity contribution in [3.05, 3.63) is 30.3 Å². The molecule has 4 nitrogen and oxygen atoms in total. The van der Waals surface area contributed by atoms with Crippen molar-refractivity contribution in [3.63, 3.8) is 0 Å². The average molecular weight is 328 g/mol. The summed E-state index contributed by atoms with van der Waals surface area (Å²) >= 11 is 0.112. The molecule has 19 heavy (non-hydrogen) atoms. The topological polar surface area (TPSA) is 46.6 Å². The summed E-state index contributed by atoms with van der Waals surface area (Å²) in [5, 5.41) is 0. The van der Waals surface area contributed by atoms with Gasteiger partial charge in [0.25, 0.3) is 0 Å². The van der Waals surface area contributed by atoms with E-state index in [0.29, 0.717) is 5.44 Å². The van der Waals surface area contributed by atoms with E-state index < -0.39 is 11.7 Å². The summed E-state index contributed by atoms with van der Waals surface area (Å²) in [4.78, 5) is 24.0. The molecule has 1 rings (SSSR count). The van der Waals surface area contributed by atoms with Crippen molar-refractivity contribution in [2.24, 2.45) is 0 Å². The van der Waals surface area contributed by atoms with E-state index in [1.54, 1.807) is 0 Å². The number of amides is 1. The second kappa shape index (κ2) is 7.31. The predicted molar refractivity (Wildman–Crippen MR) is 75.7 cm³/mol. The van der Waals surface area contributed by atoms with Crippen LogP contribution in [0.4, 0.5) is 4.79 Å². The molecule has 0 N–H and O–H groups in total. The van der Waals surface area contributed by atoms with Crippen molar-refractivity contribution < 1.29 is 14.3 Å². The molecular formula is C14H19NO3Se. The Hall–Kier alpha value is -1.32. The molecule has 0 heterocycles. The van der Waals surface area contributed by atoms with Gasteiger partial charge in [0, 0.05) is 0 Å². The molecule has 0 bridgehead atoms. The second-order valence-corrected chi connectivity index (χ2v) is 7.09. The Morgan fingerprint density at radius 2 is 1.95 bits per heavy atom. The number of rotatable bonds is 5. The summed E-state index contributed by atoms with van der Waals surface area (Å²) in [5.74, 6) is 0. The van der Waals surface area contributed by atoms with Gasteiger partial charge in [0.05, 0.1) is 0 Å². The molecule has 1 aromatic rings. The van der Waals surface area contributed by atoms with E-state index in [1.807, 2.05) is 51.1 Å². The summed E-state index contributed by atoms with van der Waals surface area (Å²) in [5.41, 5.74) is -0.0113. The van der Waals surface area contributed by atoms with E-state index in [2.05, 4.69) is 0 Å². The molecule has 1 amide bonds. The quantitative estimate of drug-likeness (QED) is 0.606. The SMILES string of the molecule is CC(C)(C)OC(=O)N(CC=O)C[Se]c1ccccc1. The van der Waals surface area contributed by atoms with Gasteiger partial charge >= 0.3 is 120 Å². The Labute approximate surface area is 120 Å². The number of nitrogens with zero attached hydrogens (tertiary/aromatic N) is 1. The van der Waals surface area contributed by atoms with Crippen molar-refractivity contribution in [3.8, 4) is 0 Å². The fourth-order valence-corrected chi connectivity index (χ4v) is 3.08. The Balaban J connectivity index is 2.57. The van der Waals surface area contributed by atoms with Crippen LogP contribution in [0.3, 0.4) is 0 Å². The van der Waals surface area contributed by atoms with Gasteiger partial charge in [-0.25, -0.2) is 0 Å². The fraction of sp³-hybridized carbons (Fsp3) is 0.429. The Morgan fingerprint density at radius 3 is 2.47 bits per heavy atom. The van der Waals surface area contributed by atoms with Crippen LogP contribution in [0.2, 0.25) is 0 Å². The van der Waals surface area contributed by atoms with Crippen LogP contribution in [0.15, 0.2) is 30.3 Å². The van der Waals surface area contributed by atoms with Crippen molar-refractivity contribution in [1.82, 2.24) is 4.90 Å². The van der Waals surface area contributed by atoms with E-state index in [0.717, 1.165) is 6.29 Å². The van der Waals surface area contributed by atoms with Gasteiger partial charge in [-0.15, -0.1) is 0 Å². The van der Waals surface area contributed by atoms with Crippen LogP contribution < -0.4 is 4.46 Å². The maximum absolute atomic E-state index is 11.9. The minimum absolute atomic E-state index is 0.0729. The van der Waals surface area contributed by atoms with Crippen LogP contribution >= 0.6 is 0 Å². The molecule has 0 saturated carbocycles. The monoisotopic (exact) mass is 329 g/mol. The maximum atomic E-state index is 11.9. The van der Waals surface area contributed by atoms with Crippen LogP contribution in [-0.4, -0.2) is 49.8 Å². The standard InChI is InChI=1S/C14H19NO3Se/c1-14(2,3)18-13(17)15(9-10-16)11-19-12-7-5-4-6-8-12/h4-8,10H,9,11H2,1-3H3. The van der Waals surface area contributed by atoms with Crippen LogP contribution in [0, 0.1) is 0 Å². The Kier molecular flexibility index (Phi) is 6.06. The molecule has 0 aliphatic carbocycles. The van der Waals surface area contributed by atoms with Gasteiger partial charge in [0.2, 0.25) is 0 Å². The molecule has 0 unspecified atom stereocenters. The van der Waals surface area contributed by atoms with Crippen molar-refractivity contribution >= 4 is 31.8 Å². The number of ether oxygens (including phenoxy) is 1. The first-order chi connectivity index (χ1) is 8.92.